The Morgan fingerprint density at radius 3 is 2.41 bits per heavy atom. The molecule has 0 atom stereocenters. The molecule has 140 valence electrons. The van der Waals surface area contributed by atoms with Crippen molar-refractivity contribution in [1.82, 2.24) is 18.9 Å². The normalized spacial score (nSPS) is 16.6. The predicted octanol–water partition coefficient (Wildman–Crippen LogP) is 2.50. The first-order chi connectivity index (χ1) is 13.0. The lowest BCUT2D eigenvalue weighted by molar-refractivity contribution is 0.101. The van der Waals surface area contributed by atoms with E-state index in [1.807, 2.05) is 28.8 Å². The average Bonchev–Trinajstić information content (AvgIpc) is 3.12. The van der Waals surface area contributed by atoms with Crippen LogP contribution in [0.3, 0.4) is 0 Å². The monoisotopic (exact) mass is 384 g/mol. The second-order valence-corrected chi connectivity index (χ2v) is 8.68. The van der Waals surface area contributed by atoms with E-state index in [1.165, 1.54) is 23.4 Å². The van der Waals surface area contributed by atoms with Crippen molar-refractivity contribution in [3.8, 4) is 0 Å². The summed E-state index contributed by atoms with van der Waals surface area (Å²) in [7, 11) is -3.56. The molecule has 0 N–H and O–H groups in total. The average molecular weight is 384 g/mol. The molecule has 4 rings (SSSR count). The zero-order valence-corrected chi connectivity index (χ0v) is 15.8. The van der Waals surface area contributed by atoms with Gasteiger partial charge in [0.25, 0.3) is 0 Å². The molecule has 0 saturated carbocycles. The maximum atomic E-state index is 12.9. The minimum Gasteiger partial charge on any atom is -0.295 e. The van der Waals surface area contributed by atoms with Crippen LogP contribution in [0.2, 0.25) is 0 Å². The number of Topliss-reactive ketones (excluding diaryl/α,β-unsaturated/α-hetero) is 1. The molecule has 0 aliphatic carbocycles. The molecule has 27 heavy (non-hydrogen) atoms. The van der Waals surface area contributed by atoms with Gasteiger partial charge >= 0.3 is 0 Å². The third-order valence-corrected chi connectivity index (χ3v) is 6.97. The van der Waals surface area contributed by atoms with E-state index in [0.717, 1.165) is 11.5 Å². The number of sulfonamides is 1. The van der Waals surface area contributed by atoms with Crippen molar-refractivity contribution in [2.75, 3.05) is 13.1 Å². The highest BCUT2D eigenvalue weighted by Gasteiger charge is 2.31. The number of ketones is 1. The molecule has 1 saturated heterocycles. The Labute approximate surface area is 157 Å². The Bertz CT molecular complexity index is 1080. The highest BCUT2D eigenvalue weighted by atomic mass is 32.2. The van der Waals surface area contributed by atoms with Gasteiger partial charge in [-0.3, -0.25) is 9.20 Å². The van der Waals surface area contributed by atoms with Crippen LogP contribution in [-0.4, -0.2) is 46.2 Å². The molecule has 1 aliphatic heterocycles. The lowest BCUT2D eigenvalue weighted by Crippen LogP contribution is -2.38. The third kappa shape index (κ3) is 3.26. The summed E-state index contributed by atoms with van der Waals surface area (Å²) in [6.07, 6.45) is 3.32. The minimum absolute atomic E-state index is 0.0831. The van der Waals surface area contributed by atoms with Gasteiger partial charge in [0.1, 0.15) is 5.82 Å². The molecular weight excluding hydrogens is 364 g/mol. The molecule has 1 aromatic carbocycles. The largest absolute Gasteiger partial charge is 0.295 e. The summed E-state index contributed by atoms with van der Waals surface area (Å²) in [6.45, 7) is 2.33. The molecule has 8 heteroatoms. The molecule has 0 radical (unpaired) electrons. The number of hydrogen-bond donors (Lipinski definition) is 0. The standard InChI is InChI=1S/C19H20N4O3S/c1-14(24)15-5-7-17(8-6-15)27(25,26)22-12-9-16(10-13-22)19-21-20-18-4-2-3-11-23(18)19/h2-8,11,16H,9-10,12-13H2,1H3. The number of aromatic nitrogens is 3. The number of fused-ring (bicyclic) bond motifs is 1. The summed E-state index contributed by atoms with van der Waals surface area (Å²) in [5, 5.41) is 8.49. The van der Waals surface area contributed by atoms with Crippen LogP contribution in [0.25, 0.3) is 5.65 Å². The fourth-order valence-corrected chi connectivity index (χ4v) is 4.97. The van der Waals surface area contributed by atoms with Gasteiger partial charge in [-0.2, -0.15) is 4.31 Å². The van der Waals surface area contributed by atoms with Crippen molar-refractivity contribution in [1.29, 1.82) is 0 Å². The van der Waals surface area contributed by atoms with Crippen molar-refractivity contribution in [2.24, 2.45) is 0 Å². The molecule has 0 amide bonds. The maximum absolute atomic E-state index is 12.9. The zero-order chi connectivity index (χ0) is 19.0. The second kappa shape index (κ2) is 6.86. The summed E-state index contributed by atoms with van der Waals surface area (Å²) in [6, 6.07) is 11.9. The number of carbonyl (C=O) groups is 1. The van der Waals surface area contributed by atoms with E-state index in [1.54, 1.807) is 12.1 Å². The van der Waals surface area contributed by atoms with E-state index in [9.17, 15) is 13.2 Å². The first-order valence-corrected chi connectivity index (χ1v) is 10.3. The van der Waals surface area contributed by atoms with Gasteiger partial charge in [0, 0.05) is 30.8 Å². The van der Waals surface area contributed by atoms with Gasteiger partial charge < -0.3 is 0 Å². The van der Waals surface area contributed by atoms with Crippen LogP contribution in [0, 0.1) is 0 Å². The lowest BCUT2D eigenvalue weighted by atomic mass is 9.97. The van der Waals surface area contributed by atoms with Gasteiger partial charge in [0.2, 0.25) is 10.0 Å². The number of piperidine rings is 1. The Morgan fingerprint density at radius 1 is 1.04 bits per heavy atom. The molecule has 3 heterocycles. The topological polar surface area (TPSA) is 84.6 Å². The number of pyridine rings is 1. The number of hydrogen-bond acceptors (Lipinski definition) is 5. The second-order valence-electron chi connectivity index (χ2n) is 6.75. The molecule has 1 aliphatic rings. The lowest BCUT2D eigenvalue weighted by Gasteiger charge is -2.30. The number of benzene rings is 1. The summed E-state index contributed by atoms with van der Waals surface area (Å²) in [5.74, 6) is 0.975. The summed E-state index contributed by atoms with van der Waals surface area (Å²) >= 11 is 0. The quantitative estimate of drug-likeness (QED) is 0.645. The van der Waals surface area contributed by atoms with Gasteiger partial charge in [-0.1, -0.05) is 18.2 Å². The molecular formula is C19H20N4O3S. The van der Waals surface area contributed by atoms with Crippen LogP contribution in [-0.2, 0) is 10.0 Å². The fourth-order valence-electron chi connectivity index (χ4n) is 3.50. The number of nitrogens with zero attached hydrogens (tertiary/aromatic N) is 4. The van der Waals surface area contributed by atoms with Crippen molar-refractivity contribution >= 4 is 21.5 Å². The Kier molecular flexibility index (Phi) is 4.53. The molecule has 3 aromatic rings. The van der Waals surface area contributed by atoms with E-state index in [4.69, 9.17) is 0 Å². The van der Waals surface area contributed by atoms with Crippen LogP contribution in [0.15, 0.2) is 53.6 Å². The first kappa shape index (κ1) is 17.8. The van der Waals surface area contributed by atoms with Gasteiger partial charge in [0.15, 0.2) is 11.4 Å². The van der Waals surface area contributed by atoms with Crippen molar-refractivity contribution in [3.05, 3.63) is 60.0 Å². The van der Waals surface area contributed by atoms with Crippen LogP contribution in [0.4, 0.5) is 0 Å². The molecule has 0 spiro atoms. The number of rotatable bonds is 4. The zero-order valence-electron chi connectivity index (χ0n) is 14.9. The third-order valence-electron chi connectivity index (χ3n) is 5.06. The molecule has 0 unspecified atom stereocenters. The van der Waals surface area contributed by atoms with E-state index >= 15 is 0 Å². The SMILES string of the molecule is CC(=O)c1ccc(S(=O)(=O)N2CCC(c3nnc4ccccn34)CC2)cc1. The van der Waals surface area contributed by atoms with Gasteiger partial charge in [-0.15, -0.1) is 10.2 Å². The van der Waals surface area contributed by atoms with Gasteiger partial charge in [-0.05, 0) is 44.0 Å². The van der Waals surface area contributed by atoms with E-state index < -0.39 is 10.0 Å². The highest BCUT2D eigenvalue weighted by Crippen LogP contribution is 2.30. The van der Waals surface area contributed by atoms with Crippen molar-refractivity contribution < 1.29 is 13.2 Å². The van der Waals surface area contributed by atoms with Crippen molar-refractivity contribution in [2.45, 2.75) is 30.6 Å². The maximum Gasteiger partial charge on any atom is 0.243 e. The predicted molar refractivity (Wildman–Crippen MR) is 100 cm³/mol. The smallest absolute Gasteiger partial charge is 0.243 e. The molecule has 2 aromatic heterocycles. The molecule has 0 bridgehead atoms. The van der Waals surface area contributed by atoms with Gasteiger partial charge in [0.05, 0.1) is 4.90 Å². The Morgan fingerprint density at radius 2 is 1.74 bits per heavy atom. The number of carbonyl (C=O) groups excluding carboxylic acids is 1. The fraction of sp³-hybridized carbons (Fsp3) is 0.316. The van der Waals surface area contributed by atoms with Crippen LogP contribution < -0.4 is 0 Å². The molecule has 1 fully saturated rings. The minimum atomic E-state index is -3.56. The van der Waals surface area contributed by atoms with E-state index in [-0.39, 0.29) is 16.6 Å². The van der Waals surface area contributed by atoms with Crippen molar-refractivity contribution in [3.63, 3.8) is 0 Å². The summed E-state index contributed by atoms with van der Waals surface area (Å²) in [5.41, 5.74) is 1.31. The highest BCUT2D eigenvalue weighted by molar-refractivity contribution is 7.89. The van der Waals surface area contributed by atoms with Crippen LogP contribution in [0.1, 0.15) is 41.9 Å². The Hall–Kier alpha value is -2.58. The van der Waals surface area contributed by atoms with Crippen LogP contribution >= 0.6 is 0 Å². The summed E-state index contributed by atoms with van der Waals surface area (Å²) in [4.78, 5) is 11.6. The van der Waals surface area contributed by atoms with E-state index in [0.29, 0.717) is 31.5 Å². The Balaban J connectivity index is 1.50. The van der Waals surface area contributed by atoms with Crippen LogP contribution in [0.5, 0.6) is 0 Å². The summed E-state index contributed by atoms with van der Waals surface area (Å²) < 4.78 is 29.2. The van der Waals surface area contributed by atoms with E-state index in [2.05, 4.69) is 10.2 Å². The van der Waals surface area contributed by atoms with Gasteiger partial charge in [-0.25, -0.2) is 8.42 Å². The molecule has 7 nitrogen and oxygen atoms in total. The first-order valence-electron chi connectivity index (χ1n) is 8.87.